The molecule has 0 aromatic heterocycles. The van der Waals surface area contributed by atoms with Gasteiger partial charge in [0.05, 0.1) is 20.4 Å². The van der Waals surface area contributed by atoms with Crippen LogP contribution in [0.1, 0.15) is 17.2 Å². The van der Waals surface area contributed by atoms with E-state index in [9.17, 15) is 4.79 Å². The van der Waals surface area contributed by atoms with E-state index in [1.54, 1.807) is 50.6 Å². The normalized spacial score (nSPS) is 13.8. The number of hydrogen-bond donors (Lipinski definition) is 1. The molecule has 1 unspecified atom stereocenters. The van der Waals surface area contributed by atoms with E-state index >= 15 is 0 Å². The van der Waals surface area contributed by atoms with Crippen LogP contribution in [0.25, 0.3) is 0 Å². The maximum absolute atomic E-state index is 12.5. The molecule has 1 aliphatic rings. The molecule has 1 atom stereocenters. The molecule has 148 valence electrons. The summed E-state index contributed by atoms with van der Waals surface area (Å²) in [6, 6.07) is 10.6. The predicted octanol–water partition coefficient (Wildman–Crippen LogP) is 2.31. The third-order valence-corrected chi connectivity index (χ3v) is 4.14. The maximum atomic E-state index is 12.5. The highest BCUT2D eigenvalue weighted by Crippen LogP contribution is 2.33. The monoisotopic (exact) mass is 386 g/mol. The molecule has 8 nitrogen and oxygen atoms in total. The van der Waals surface area contributed by atoms with E-state index in [0.717, 1.165) is 5.56 Å². The second-order valence-corrected chi connectivity index (χ2v) is 5.87. The summed E-state index contributed by atoms with van der Waals surface area (Å²) in [4.78, 5) is 12.5. The molecule has 0 radical (unpaired) electrons. The van der Waals surface area contributed by atoms with Crippen molar-refractivity contribution >= 4 is 12.1 Å². The van der Waals surface area contributed by atoms with Gasteiger partial charge in [-0.2, -0.15) is 5.10 Å². The summed E-state index contributed by atoms with van der Waals surface area (Å²) in [6.07, 6.45) is 0.675. The van der Waals surface area contributed by atoms with Gasteiger partial charge in [-0.3, -0.25) is 4.79 Å². The molecule has 0 fully saturated rings. The summed E-state index contributed by atoms with van der Waals surface area (Å²) in [7, 11) is 4.57. The highest BCUT2D eigenvalue weighted by Gasteiger charge is 2.22. The zero-order chi connectivity index (χ0) is 19.9. The largest absolute Gasteiger partial charge is 0.493 e. The van der Waals surface area contributed by atoms with Crippen LogP contribution in [0, 0.1) is 0 Å². The number of ether oxygens (including phenoxy) is 5. The molecule has 1 N–H and O–H groups in total. The second kappa shape index (κ2) is 9.09. The lowest BCUT2D eigenvalue weighted by Gasteiger charge is -2.20. The van der Waals surface area contributed by atoms with E-state index in [0.29, 0.717) is 41.8 Å². The number of nitrogens with one attached hydrogen (secondary N) is 1. The molecule has 1 aliphatic heterocycles. The van der Waals surface area contributed by atoms with E-state index in [2.05, 4.69) is 10.5 Å². The standard InChI is InChI=1S/C20H22N2O6/c1-24-15-6-4-13(10-17(15)25-2)12-21-22-20(23)19(26-3)14-5-7-16-18(11-14)28-9-8-27-16/h4-7,10-12,19H,8-9H2,1-3H3,(H,22,23)/b21-12+. The first kappa shape index (κ1) is 19.5. The van der Waals surface area contributed by atoms with Crippen LogP contribution in [0.4, 0.5) is 0 Å². The highest BCUT2D eigenvalue weighted by molar-refractivity contribution is 5.85. The van der Waals surface area contributed by atoms with E-state index in [1.807, 2.05) is 0 Å². The zero-order valence-electron chi connectivity index (χ0n) is 15.9. The number of carbonyl (C=O) groups excluding carboxylic acids is 1. The number of nitrogens with zero attached hydrogens (tertiary/aromatic N) is 1. The molecule has 0 spiro atoms. The first-order valence-corrected chi connectivity index (χ1v) is 8.63. The SMILES string of the molecule is COc1ccc(/C=N/NC(=O)C(OC)c2ccc3c(c2)OCCO3)cc1OC. The molecule has 1 amide bonds. The van der Waals surface area contributed by atoms with Crippen LogP contribution < -0.4 is 24.4 Å². The predicted molar refractivity (Wildman–Crippen MR) is 102 cm³/mol. The summed E-state index contributed by atoms with van der Waals surface area (Å²) in [5.74, 6) is 2.02. The molecule has 3 rings (SSSR count). The van der Waals surface area contributed by atoms with Gasteiger partial charge in [-0.1, -0.05) is 6.07 Å². The van der Waals surface area contributed by atoms with Crippen molar-refractivity contribution in [1.82, 2.24) is 5.43 Å². The third-order valence-electron chi connectivity index (χ3n) is 4.14. The smallest absolute Gasteiger partial charge is 0.273 e. The number of carbonyl (C=O) groups is 1. The van der Waals surface area contributed by atoms with Crippen LogP contribution >= 0.6 is 0 Å². The number of amides is 1. The van der Waals surface area contributed by atoms with Crippen LogP contribution in [-0.2, 0) is 9.53 Å². The first-order chi connectivity index (χ1) is 13.7. The summed E-state index contributed by atoms with van der Waals surface area (Å²) < 4.78 is 26.8. The van der Waals surface area contributed by atoms with Gasteiger partial charge in [-0.15, -0.1) is 0 Å². The van der Waals surface area contributed by atoms with Gasteiger partial charge in [0.1, 0.15) is 13.2 Å². The molecular formula is C20H22N2O6. The summed E-state index contributed by atoms with van der Waals surface area (Å²) >= 11 is 0. The van der Waals surface area contributed by atoms with Crippen molar-refractivity contribution < 1.29 is 28.5 Å². The van der Waals surface area contributed by atoms with Crippen molar-refractivity contribution in [2.75, 3.05) is 34.5 Å². The molecule has 0 saturated heterocycles. The number of benzene rings is 2. The average molecular weight is 386 g/mol. The minimum Gasteiger partial charge on any atom is -0.493 e. The Morgan fingerprint density at radius 3 is 2.50 bits per heavy atom. The zero-order valence-corrected chi connectivity index (χ0v) is 15.9. The van der Waals surface area contributed by atoms with Gasteiger partial charge in [0.2, 0.25) is 0 Å². The van der Waals surface area contributed by atoms with Gasteiger partial charge >= 0.3 is 0 Å². The van der Waals surface area contributed by atoms with E-state index in [1.165, 1.54) is 13.3 Å². The third kappa shape index (κ3) is 4.34. The van der Waals surface area contributed by atoms with E-state index < -0.39 is 12.0 Å². The van der Waals surface area contributed by atoms with Gasteiger partial charge in [-0.25, -0.2) is 5.43 Å². The second-order valence-electron chi connectivity index (χ2n) is 5.87. The van der Waals surface area contributed by atoms with Crippen molar-refractivity contribution in [2.45, 2.75) is 6.10 Å². The molecule has 0 saturated carbocycles. The van der Waals surface area contributed by atoms with Gasteiger partial charge in [0.15, 0.2) is 29.1 Å². The van der Waals surface area contributed by atoms with Gasteiger partial charge in [0, 0.05) is 7.11 Å². The molecule has 0 aliphatic carbocycles. The van der Waals surface area contributed by atoms with Gasteiger partial charge in [-0.05, 0) is 41.5 Å². The Hall–Kier alpha value is -3.26. The van der Waals surface area contributed by atoms with Gasteiger partial charge in [0.25, 0.3) is 5.91 Å². The Labute approximate surface area is 163 Å². The first-order valence-electron chi connectivity index (χ1n) is 8.63. The Morgan fingerprint density at radius 1 is 1.04 bits per heavy atom. The summed E-state index contributed by atoms with van der Waals surface area (Å²) in [6.45, 7) is 0.974. The van der Waals surface area contributed by atoms with Crippen molar-refractivity contribution in [3.05, 3.63) is 47.5 Å². The number of hydrogen-bond acceptors (Lipinski definition) is 7. The number of fused-ring (bicyclic) bond motifs is 1. The topological polar surface area (TPSA) is 87.6 Å². The molecule has 2 aromatic rings. The lowest BCUT2D eigenvalue weighted by atomic mass is 10.1. The van der Waals surface area contributed by atoms with Crippen molar-refractivity contribution in [2.24, 2.45) is 5.10 Å². The quantitative estimate of drug-likeness (QED) is 0.580. The van der Waals surface area contributed by atoms with Gasteiger partial charge < -0.3 is 23.7 Å². The molecular weight excluding hydrogens is 364 g/mol. The van der Waals surface area contributed by atoms with Crippen LogP contribution in [0.2, 0.25) is 0 Å². The molecule has 8 heteroatoms. The van der Waals surface area contributed by atoms with Crippen molar-refractivity contribution in [1.29, 1.82) is 0 Å². The van der Waals surface area contributed by atoms with Crippen LogP contribution in [0.3, 0.4) is 0 Å². The minimum absolute atomic E-state index is 0.407. The molecule has 28 heavy (non-hydrogen) atoms. The lowest BCUT2D eigenvalue weighted by molar-refractivity contribution is -0.131. The fourth-order valence-electron chi connectivity index (χ4n) is 2.78. The van der Waals surface area contributed by atoms with E-state index in [-0.39, 0.29) is 0 Å². The Morgan fingerprint density at radius 2 is 1.79 bits per heavy atom. The number of rotatable bonds is 7. The fourth-order valence-corrected chi connectivity index (χ4v) is 2.78. The Bertz CT molecular complexity index is 868. The average Bonchev–Trinajstić information content (AvgIpc) is 2.74. The maximum Gasteiger partial charge on any atom is 0.273 e. The van der Waals surface area contributed by atoms with Crippen LogP contribution in [0.15, 0.2) is 41.5 Å². The van der Waals surface area contributed by atoms with Crippen molar-refractivity contribution in [3.8, 4) is 23.0 Å². The molecule has 2 aromatic carbocycles. The Kier molecular flexibility index (Phi) is 6.33. The number of hydrazone groups is 1. The fraction of sp³-hybridized carbons (Fsp3) is 0.300. The molecule has 0 bridgehead atoms. The number of methoxy groups -OCH3 is 3. The van der Waals surface area contributed by atoms with E-state index in [4.69, 9.17) is 23.7 Å². The minimum atomic E-state index is -0.835. The van der Waals surface area contributed by atoms with Crippen LogP contribution in [-0.4, -0.2) is 46.7 Å². The summed E-state index contributed by atoms with van der Waals surface area (Å²) in [5.41, 5.74) is 3.87. The summed E-state index contributed by atoms with van der Waals surface area (Å²) in [5, 5.41) is 4.00. The molecule has 1 heterocycles. The lowest BCUT2D eigenvalue weighted by Crippen LogP contribution is -2.27. The highest BCUT2D eigenvalue weighted by atomic mass is 16.6. The Balaban J connectivity index is 1.68. The van der Waals surface area contributed by atoms with Crippen molar-refractivity contribution in [3.63, 3.8) is 0 Å². The van der Waals surface area contributed by atoms with Crippen LogP contribution in [0.5, 0.6) is 23.0 Å².